The molecule has 0 aromatic heterocycles. The van der Waals surface area contributed by atoms with Crippen LogP contribution in [0.4, 0.5) is 40.3 Å². The number of nitrogens with zero attached hydrogens (tertiary/aromatic N) is 3. The standard InChI is InChI=1S/C40H24F4N4O4/c41-35-32(36(42)38(44)34(37(35)43)33(22-46)40(51)52)20-26-9-17-31(18-10-26)48(30-15-7-25(8-16-30)19-27(21-45)39(49)50)29-13-5-24(6-14-29)2-1-23-3-11-28(47)12-4-23/h1-20H,47H2,(H,49,50)(H,51,52)/b2-1+,27-19+,32-20?,34-33?. The summed E-state index contributed by atoms with van der Waals surface area (Å²) in [6.45, 7) is 0. The molecule has 5 aromatic rings. The summed E-state index contributed by atoms with van der Waals surface area (Å²) in [5, 5.41) is 33.7. The van der Waals surface area contributed by atoms with Crippen molar-refractivity contribution in [3.05, 3.63) is 159 Å². The van der Waals surface area contributed by atoms with E-state index in [0.29, 0.717) is 28.3 Å². The monoisotopic (exact) mass is 700 g/mol. The Bertz CT molecular complexity index is 2430. The Balaban J connectivity index is 1.56. The van der Waals surface area contributed by atoms with Crippen molar-refractivity contribution in [2.75, 3.05) is 10.6 Å². The number of hydrogen-bond acceptors (Lipinski definition) is 6. The fourth-order valence-electron chi connectivity index (χ4n) is 5.10. The maximum absolute atomic E-state index is 15.0. The molecule has 8 nitrogen and oxygen atoms in total. The number of benzene rings is 5. The summed E-state index contributed by atoms with van der Waals surface area (Å²) in [6.07, 6.45) is 5.89. The van der Waals surface area contributed by atoms with Crippen molar-refractivity contribution in [3.8, 4) is 12.1 Å². The van der Waals surface area contributed by atoms with Crippen LogP contribution in [-0.2, 0) is 9.59 Å². The van der Waals surface area contributed by atoms with Gasteiger partial charge in [-0.25, -0.2) is 27.2 Å². The first kappa shape index (κ1) is 35.9. The van der Waals surface area contributed by atoms with Crippen LogP contribution in [0, 0.1) is 45.9 Å². The van der Waals surface area contributed by atoms with Crippen molar-refractivity contribution in [3.63, 3.8) is 0 Å². The minimum absolute atomic E-state index is 0.122. The summed E-state index contributed by atoms with van der Waals surface area (Å²) in [6, 6.07) is 30.1. The van der Waals surface area contributed by atoms with E-state index in [1.165, 1.54) is 18.2 Å². The van der Waals surface area contributed by atoms with Crippen molar-refractivity contribution in [2.45, 2.75) is 0 Å². The predicted octanol–water partition coefficient (Wildman–Crippen LogP) is 7.04. The smallest absolute Gasteiger partial charge is 0.347 e. The molecule has 0 aliphatic rings. The van der Waals surface area contributed by atoms with E-state index < -0.39 is 56.8 Å². The Morgan fingerprint density at radius 1 is 0.596 bits per heavy atom. The van der Waals surface area contributed by atoms with Gasteiger partial charge in [0.05, 0.1) is 10.4 Å². The molecule has 0 atom stereocenters. The zero-order valence-corrected chi connectivity index (χ0v) is 26.7. The lowest BCUT2D eigenvalue weighted by Crippen LogP contribution is -2.31. The molecule has 0 amide bonds. The van der Waals surface area contributed by atoms with Crippen molar-refractivity contribution in [1.82, 2.24) is 0 Å². The Morgan fingerprint density at radius 2 is 1.02 bits per heavy atom. The van der Waals surface area contributed by atoms with Gasteiger partial charge in [-0.2, -0.15) is 10.5 Å². The molecule has 5 rings (SSSR count). The van der Waals surface area contributed by atoms with Gasteiger partial charge in [-0.3, -0.25) is 0 Å². The van der Waals surface area contributed by atoms with Crippen LogP contribution in [0.15, 0.2) is 103 Å². The summed E-state index contributed by atoms with van der Waals surface area (Å²) >= 11 is 0. The van der Waals surface area contributed by atoms with E-state index in [4.69, 9.17) is 21.4 Å². The summed E-state index contributed by atoms with van der Waals surface area (Å²) < 4.78 is 59.5. The number of nitriles is 2. The number of halogens is 4. The van der Waals surface area contributed by atoms with E-state index in [-0.39, 0.29) is 5.56 Å². The van der Waals surface area contributed by atoms with E-state index in [2.05, 4.69) is 0 Å². The molecule has 0 fully saturated rings. The first-order valence-corrected chi connectivity index (χ1v) is 15.1. The molecular weight excluding hydrogens is 676 g/mol. The lowest BCUT2D eigenvalue weighted by molar-refractivity contribution is -0.132. The number of rotatable bonds is 9. The van der Waals surface area contributed by atoms with E-state index in [1.54, 1.807) is 54.6 Å². The highest BCUT2D eigenvalue weighted by molar-refractivity contribution is 6.14. The number of carboxylic acids is 2. The van der Waals surface area contributed by atoms with Crippen molar-refractivity contribution in [2.24, 2.45) is 0 Å². The summed E-state index contributed by atoms with van der Waals surface area (Å²) in [5.74, 6) is -11.2. The van der Waals surface area contributed by atoms with Crippen LogP contribution in [-0.4, -0.2) is 22.2 Å². The van der Waals surface area contributed by atoms with Crippen LogP contribution < -0.4 is 21.1 Å². The number of carboxylic acid groups (broad SMARTS) is 2. The van der Waals surface area contributed by atoms with Gasteiger partial charge in [0.1, 0.15) is 17.7 Å². The van der Waals surface area contributed by atoms with Gasteiger partial charge in [-0.15, -0.1) is 0 Å². The van der Waals surface area contributed by atoms with Crippen LogP contribution in [0.3, 0.4) is 0 Å². The molecule has 12 heteroatoms. The number of nitrogens with two attached hydrogens (primary N) is 1. The molecule has 0 bridgehead atoms. The van der Waals surface area contributed by atoms with Gasteiger partial charge in [0.25, 0.3) is 0 Å². The molecule has 256 valence electrons. The van der Waals surface area contributed by atoms with Gasteiger partial charge in [0.15, 0.2) is 28.8 Å². The zero-order valence-electron chi connectivity index (χ0n) is 26.7. The van der Waals surface area contributed by atoms with E-state index in [1.807, 2.05) is 53.5 Å². The Morgan fingerprint density at radius 3 is 1.42 bits per heavy atom. The van der Waals surface area contributed by atoms with E-state index in [0.717, 1.165) is 23.3 Å². The van der Waals surface area contributed by atoms with E-state index in [9.17, 15) is 32.3 Å². The van der Waals surface area contributed by atoms with Crippen LogP contribution in [0.2, 0.25) is 0 Å². The first-order chi connectivity index (χ1) is 24.9. The third-order valence-electron chi connectivity index (χ3n) is 7.70. The second-order valence-electron chi connectivity index (χ2n) is 11.1. The van der Waals surface area contributed by atoms with Gasteiger partial charge in [0.2, 0.25) is 0 Å². The highest BCUT2D eigenvalue weighted by Gasteiger charge is 2.23. The SMILES string of the molecule is N#CC(C(=O)O)=c1c(F)c(F)c(=Cc2ccc(N(c3ccc(/C=C/c4ccc(N)cc4)cc3)c3ccc(/C=C(\C#N)C(=O)O)cc3)cc2)c(F)c1F. The quantitative estimate of drug-likeness (QED) is 0.0370. The van der Waals surface area contributed by atoms with Crippen molar-refractivity contribution < 1.29 is 37.4 Å². The lowest BCUT2D eigenvalue weighted by Gasteiger charge is -2.26. The molecule has 0 saturated heterocycles. The van der Waals surface area contributed by atoms with Crippen LogP contribution >= 0.6 is 0 Å². The number of carbonyl (C=O) groups is 2. The van der Waals surface area contributed by atoms with Gasteiger partial charge < -0.3 is 20.8 Å². The Kier molecular flexibility index (Phi) is 10.6. The normalized spacial score (nSPS) is 11.1. The van der Waals surface area contributed by atoms with Crippen LogP contribution in [0.25, 0.3) is 29.9 Å². The maximum Gasteiger partial charge on any atom is 0.347 e. The van der Waals surface area contributed by atoms with Gasteiger partial charge in [0, 0.05) is 22.7 Å². The molecule has 52 heavy (non-hydrogen) atoms. The second-order valence-corrected chi connectivity index (χ2v) is 11.1. The predicted molar refractivity (Wildman–Crippen MR) is 188 cm³/mol. The minimum atomic E-state index is -2.06. The third-order valence-corrected chi connectivity index (χ3v) is 7.70. The fraction of sp³-hybridized carbons (Fsp3) is 0. The molecule has 0 saturated carbocycles. The maximum atomic E-state index is 15.0. The van der Waals surface area contributed by atoms with Crippen molar-refractivity contribution >= 4 is 64.6 Å². The average Bonchev–Trinajstić information content (AvgIpc) is 3.14. The summed E-state index contributed by atoms with van der Waals surface area (Å²) in [5.41, 5.74) is 8.67. The van der Waals surface area contributed by atoms with Gasteiger partial charge in [-0.05, 0) is 82.9 Å². The molecule has 0 aliphatic heterocycles. The molecule has 0 aliphatic carbocycles. The largest absolute Gasteiger partial charge is 0.477 e. The number of hydrogen-bond donors (Lipinski definition) is 3. The molecule has 4 N–H and O–H groups in total. The fourth-order valence-corrected chi connectivity index (χ4v) is 5.10. The number of anilines is 4. The molecule has 0 heterocycles. The third kappa shape index (κ3) is 7.72. The zero-order chi connectivity index (χ0) is 37.5. The summed E-state index contributed by atoms with van der Waals surface area (Å²) in [7, 11) is 0. The summed E-state index contributed by atoms with van der Waals surface area (Å²) in [4.78, 5) is 24.4. The molecule has 5 aromatic carbocycles. The van der Waals surface area contributed by atoms with Crippen LogP contribution in [0.5, 0.6) is 0 Å². The van der Waals surface area contributed by atoms with E-state index >= 15 is 0 Å². The minimum Gasteiger partial charge on any atom is -0.477 e. The lowest BCUT2D eigenvalue weighted by atomic mass is 10.1. The van der Waals surface area contributed by atoms with Crippen molar-refractivity contribution in [1.29, 1.82) is 10.5 Å². The first-order valence-electron chi connectivity index (χ1n) is 15.1. The Hall–Kier alpha value is -7.44. The molecule has 0 radical (unpaired) electrons. The van der Waals surface area contributed by atoms with Gasteiger partial charge in [-0.1, -0.05) is 60.7 Å². The second kappa shape index (κ2) is 15.4. The Labute approximate surface area is 293 Å². The highest BCUT2D eigenvalue weighted by atomic mass is 19.2. The number of nitrogen functional groups attached to an aromatic ring is 1. The van der Waals surface area contributed by atoms with Gasteiger partial charge >= 0.3 is 11.9 Å². The molecular formula is C40H24F4N4O4. The topological polar surface area (TPSA) is 151 Å². The van der Waals surface area contributed by atoms with Crippen LogP contribution in [0.1, 0.15) is 22.3 Å². The molecule has 0 unspecified atom stereocenters. The molecule has 0 spiro atoms. The number of aliphatic carboxylic acids is 2. The highest BCUT2D eigenvalue weighted by Crippen LogP contribution is 2.35. The average molecular weight is 701 g/mol.